The van der Waals surface area contributed by atoms with Crippen molar-refractivity contribution >= 4 is 35.0 Å². The Kier molecular flexibility index (Phi) is 5.51. The molecule has 2 aliphatic carbocycles. The molecule has 2 aliphatic rings. The summed E-state index contributed by atoms with van der Waals surface area (Å²) in [6.07, 6.45) is 5.86. The van der Waals surface area contributed by atoms with Crippen LogP contribution >= 0.6 is 0 Å². The number of allylic oxidation sites excluding steroid dienone is 2. The molecular formula is C28H29NOSn. The standard InChI is InChI=1S/C10H14NO.3C6H5.Sn/c1-11(2)10(12)9-6-7-3-4-8(9)5-7;3*1-2-4-6-5-3-1;/h3-4,6-9H,5H2,1-2H3;3*1-5H;/t7-,8+,9-;;;;/m0..../s1. The Morgan fingerprint density at radius 3 is 1.55 bits per heavy atom. The monoisotopic (exact) mass is 515 g/mol. The minimum atomic E-state index is -3.60. The number of hydrogen-bond acceptors (Lipinski definition) is 1. The fraction of sp³-hybridized carbons (Fsp3) is 0.250. The van der Waals surface area contributed by atoms with Gasteiger partial charge in [-0.2, -0.15) is 0 Å². The molecule has 0 spiro atoms. The number of nitrogens with zero attached hydrogens (tertiary/aromatic N) is 1. The van der Waals surface area contributed by atoms with Gasteiger partial charge in [-0.3, -0.25) is 0 Å². The van der Waals surface area contributed by atoms with Gasteiger partial charge in [0.1, 0.15) is 0 Å². The maximum absolute atomic E-state index is 13.6. The van der Waals surface area contributed by atoms with E-state index >= 15 is 0 Å². The Labute approximate surface area is 189 Å². The summed E-state index contributed by atoms with van der Waals surface area (Å²) < 4.78 is 4.77. The summed E-state index contributed by atoms with van der Waals surface area (Å²) in [5, 5.41) is 0. The van der Waals surface area contributed by atoms with Crippen LogP contribution in [0.1, 0.15) is 6.42 Å². The van der Waals surface area contributed by atoms with Crippen molar-refractivity contribution < 1.29 is 4.79 Å². The number of amides is 1. The van der Waals surface area contributed by atoms with Gasteiger partial charge in [-0.15, -0.1) is 0 Å². The summed E-state index contributed by atoms with van der Waals surface area (Å²) in [5.74, 6) is 1.18. The second-order valence-corrected chi connectivity index (χ2v) is 20.6. The molecule has 2 nitrogen and oxygen atoms in total. The quantitative estimate of drug-likeness (QED) is 0.378. The molecule has 1 saturated carbocycles. The van der Waals surface area contributed by atoms with E-state index < -0.39 is 18.4 Å². The summed E-state index contributed by atoms with van der Waals surface area (Å²) in [4.78, 5) is 15.4. The molecular weight excluding hydrogens is 485 g/mol. The number of hydrogen-bond donors (Lipinski definition) is 0. The first-order valence-electron chi connectivity index (χ1n) is 11.2. The number of benzene rings is 3. The van der Waals surface area contributed by atoms with Crippen LogP contribution in [0.25, 0.3) is 0 Å². The van der Waals surface area contributed by atoms with Gasteiger partial charge in [0, 0.05) is 0 Å². The molecule has 3 heteroatoms. The average molecular weight is 514 g/mol. The normalized spacial score (nSPS) is 24.3. The van der Waals surface area contributed by atoms with Crippen molar-refractivity contribution in [2.24, 2.45) is 17.8 Å². The Bertz CT molecular complexity index is 981. The SMILES string of the molecule is CN(C)C(=O)[C@H]1[C@H]([Sn]([c]2ccccc2)([c]2ccccc2)[c]2ccccc2)[C@H]2C=C[C@@H]1C2. The summed E-state index contributed by atoms with van der Waals surface area (Å²) >= 11 is -3.60. The molecule has 3 aromatic carbocycles. The van der Waals surface area contributed by atoms with Gasteiger partial charge >= 0.3 is 190 Å². The van der Waals surface area contributed by atoms with Crippen LogP contribution in [-0.2, 0) is 4.79 Å². The predicted molar refractivity (Wildman–Crippen MR) is 131 cm³/mol. The Morgan fingerprint density at radius 1 is 0.710 bits per heavy atom. The maximum atomic E-state index is 13.6. The van der Waals surface area contributed by atoms with E-state index in [1.807, 2.05) is 19.0 Å². The fourth-order valence-electron chi connectivity index (χ4n) is 6.23. The van der Waals surface area contributed by atoms with Crippen LogP contribution in [0.15, 0.2) is 103 Å². The number of carbonyl (C=O) groups is 1. The van der Waals surface area contributed by atoms with Gasteiger partial charge in [-0.1, -0.05) is 0 Å². The van der Waals surface area contributed by atoms with Crippen LogP contribution in [0.4, 0.5) is 0 Å². The summed E-state index contributed by atoms with van der Waals surface area (Å²) in [6, 6.07) is 33.4. The first-order chi connectivity index (χ1) is 15.1. The van der Waals surface area contributed by atoms with E-state index in [1.54, 1.807) is 0 Å². The van der Waals surface area contributed by atoms with E-state index in [2.05, 4.69) is 103 Å². The third-order valence-electron chi connectivity index (χ3n) is 7.37. The molecule has 0 N–H and O–H groups in total. The average Bonchev–Trinajstić information content (AvgIpc) is 3.44. The molecule has 1 fully saturated rings. The van der Waals surface area contributed by atoms with Gasteiger partial charge in [0.25, 0.3) is 0 Å². The van der Waals surface area contributed by atoms with Crippen molar-refractivity contribution in [1.29, 1.82) is 0 Å². The Hall–Kier alpha value is -2.33. The van der Waals surface area contributed by atoms with Crippen molar-refractivity contribution in [3.63, 3.8) is 0 Å². The Balaban J connectivity index is 1.84. The van der Waals surface area contributed by atoms with E-state index in [4.69, 9.17) is 0 Å². The fourth-order valence-corrected chi connectivity index (χ4v) is 23.7. The molecule has 3 aromatic rings. The molecule has 31 heavy (non-hydrogen) atoms. The van der Waals surface area contributed by atoms with Crippen LogP contribution < -0.4 is 10.7 Å². The van der Waals surface area contributed by atoms with E-state index in [0.29, 0.717) is 21.7 Å². The first-order valence-corrected chi connectivity index (χ1v) is 17.1. The van der Waals surface area contributed by atoms with Gasteiger partial charge in [0.2, 0.25) is 0 Å². The zero-order chi connectivity index (χ0) is 21.4. The summed E-state index contributed by atoms with van der Waals surface area (Å²) in [5.41, 5.74) is 0. The molecule has 156 valence electrons. The third-order valence-corrected chi connectivity index (χ3v) is 23.1. The summed E-state index contributed by atoms with van der Waals surface area (Å²) in [7, 11) is 3.83. The van der Waals surface area contributed by atoms with Crippen molar-refractivity contribution in [3.05, 3.63) is 103 Å². The van der Waals surface area contributed by atoms with Gasteiger partial charge in [-0.25, -0.2) is 0 Å². The van der Waals surface area contributed by atoms with E-state index in [0.717, 1.165) is 6.42 Å². The molecule has 0 unspecified atom stereocenters. The van der Waals surface area contributed by atoms with Crippen molar-refractivity contribution in [1.82, 2.24) is 4.90 Å². The van der Waals surface area contributed by atoms with Gasteiger partial charge < -0.3 is 0 Å². The van der Waals surface area contributed by atoms with Crippen LogP contribution in [-0.4, -0.2) is 43.3 Å². The topological polar surface area (TPSA) is 20.3 Å². The van der Waals surface area contributed by atoms with Gasteiger partial charge in [0.15, 0.2) is 0 Å². The zero-order valence-electron chi connectivity index (χ0n) is 18.2. The molecule has 0 aromatic heterocycles. The number of fused-ring (bicyclic) bond motifs is 2. The molecule has 0 radical (unpaired) electrons. The van der Waals surface area contributed by atoms with Gasteiger partial charge in [-0.05, 0) is 0 Å². The Morgan fingerprint density at radius 2 is 1.13 bits per heavy atom. The van der Waals surface area contributed by atoms with Crippen molar-refractivity contribution in [3.8, 4) is 0 Å². The number of rotatable bonds is 5. The van der Waals surface area contributed by atoms with E-state index in [1.165, 1.54) is 10.7 Å². The van der Waals surface area contributed by atoms with Crippen LogP contribution in [0, 0.1) is 17.8 Å². The van der Waals surface area contributed by atoms with Crippen molar-refractivity contribution in [2.45, 2.75) is 10.4 Å². The molecule has 1 amide bonds. The molecule has 2 bridgehead atoms. The molecule has 5 rings (SSSR count). The molecule has 4 atom stereocenters. The van der Waals surface area contributed by atoms with E-state index in [-0.39, 0.29) is 5.92 Å². The van der Waals surface area contributed by atoms with Crippen LogP contribution in [0.5, 0.6) is 0 Å². The first kappa shape index (κ1) is 20.6. The van der Waals surface area contributed by atoms with E-state index in [9.17, 15) is 4.79 Å². The molecule has 0 aliphatic heterocycles. The third kappa shape index (κ3) is 3.27. The van der Waals surface area contributed by atoms with Crippen molar-refractivity contribution in [2.75, 3.05) is 14.1 Å². The summed E-state index contributed by atoms with van der Waals surface area (Å²) in [6.45, 7) is 0. The zero-order valence-corrected chi connectivity index (χ0v) is 21.0. The molecule has 0 heterocycles. The predicted octanol–water partition coefficient (Wildman–Crippen LogP) is 3.44. The van der Waals surface area contributed by atoms with Crippen LogP contribution in [0.2, 0.25) is 3.93 Å². The van der Waals surface area contributed by atoms with Gasteiger partial charge in [0.05, 0.1) is 0 Å². The molecule has 0 saturated heterocycles. The minimum absolute atomic E-state index is 0.0569. The van der Waals surface area contributed by atoms with Crippen LogP contribution in [0.3, 0.4) is 0 Å². The number of carbonyl (C=O) groups excluding carboxylic acids is 1. The second-order valence-electron chi connectivity index (χ2n) is 9.14. The second kappa shape index (κ2) is 8.31.